The molecular formula is C13H18N4. The molecular weight excluding hydrogens is 212 g/mol. The Morgan fingerprint density at radius 1 is 1.35 bits per heavy atom. The fourth-order valence-corrected chi connectivity index (χ4v) is 2.54. The van der Waals surface area contributed by atoms with Gasteiger partial charge < -0.3 is 15.6 Å². The summed E-state index contributed by atoms with van der Waals surface area (Å²) in [4.78, 5) is 10.3. The Morgan fingerprint density at radius 3 is 2.88 bits per heavy atom. The average molecular weight is 230 g/mol. The summed E-state index contributed by atoms with van der Waals surface area (Å²) in [6.07, 6.45) is 2.14. The molecule has 0 atom stereocenters. The van der Waals surface area contributed by atoms with Crippen molar-refractivity contribution in [2.24, 2.45) is 5.73 Å². The molecule has 0 radical (unpaired) electrons. The maximum Gasteiger partial charge on any atom is 0.112 e. The van der Waals surface area contributed by atoms with Gasteiger partial charge >= 0.3 is 0 Å². The summed E-state index contributed by atoms with van der Waals surface area (Å²) < 4.78 is 0. The summed E-state index contributed by atoms with van der Waals surface area (Å²) >= 11 is 0. The Morgan fingerprint density at radius 2 is 2.12 bits per heavy atom. The van der Waals surface area contributed by atoms with Crippen LogP contribution in [0.15, 0.2) is 18.2 Å². The molecule has 2 heterocycles. The zero-order valence-corrected chi connectivity index (χ0v) is 10.1. The SMILES string of the molecule is Cc1nc2c(N3CCC(N)CC3)cccc2[nH]1. The number of H-pyrrole nitrogens is 1. The minimum Gasteiger partial charge on any atom is -0.370 e. The summed E-state index contributed by atoms with van der Waals surface area (Å²) in [6.45, 7) is 4.06. The van der Waals surface area contributed by atoms with Crippen LogP contribution in [0.2, 0.25) is 0 Å². The minimum absolute atomic E-state index is 0.367. The zero-order chi connectivity index (χ0) is 11.8. The first kappa shape index (κ1) is 10.6. The summed E-state index contributed by atoms with van der Waals surface area (Å²) in [6, 6.07) is 6.68. The first-order valence-corrected chi connectivity index (χ1v) is 6.20. The van der Waals surface area contributed by atoms with Gasteiger partial charge in [0.15, 0.2) is 0 Å². The lowest BCUT2D eigenvalue weighted by molar-refractivity contribution is 0.502. The van der Waals surface area contributed by atoms with Crippen LogP contribution in [0.3, 0.4) is 0 Å². The minimum atomic E-state index is 0.367. The molecule has 1 aliphatic heterocycles. The third kappa shape index (κ3) is 1.89. The Hall–Kier alpha value is -1.55. The molecule has 0 unspecified atom stereocenters. The van der Waals surface area contributed by atoms with Crippen molar-refractivity contribution in [1.82, 2.24) is 9.97 Å². The highest BCUT2D eigenvalue weighted by Crippen LogP contribution is 2.27. The number of aromatic amines is 1. The topological polar surface area (TPSA) is 57.9 Å². The number of anilines is 1. The number of para-hydroxylation sites is 1. The molecule has 1 saturated heterocycles. The third-order valence-electron chi connectivity index (χ3n) is 3.49. The number of hydrogen-bond donors (Lipinski definition) is 2. The molecule has 0 amide bonds. The van der Waals surface area contributed by atoms with Crippen LogP contribution >= 0.6 is 0 Å². The highest BCUT2D eigenvalue weighted by Gasteiger charge is 2.18. The zero-order valence-electron chi connectivity index (χ0n) is 10.1. The summed E-state index contributed by atoms with van der Waals surface area (Å²) in [5, 5.41) is 0. The van der Waals surface area contributed by atoms with E-state index in [0.717, 1.165) is 42.8 Å². The predicted molar refractivity (Wildman–Crippen MR) is 70.3 cm³/mol. The maximum absolute atomic E-state index is 5.94. The van der Waals surface area contributed by atoms with E-state index < -0.39 is 0 Å². The molecule has 2 aromatic rings. The van der Waals surface area contributed by atoms with E-state index in [1.165, 1.54) is 5.69 Å². The third-order valence-corrected chi connectivity index (χ3v) is 3.49. The van der Waals surface area contributed by atoms with Gasteiger partial charge in [0, 0.05) is 19.1 Å². The molecule has 1 fully saturated rings. The largest absolute Gasteiger partial charge is 0.370 e. The van der Waals surface area contributed by atoms with E-state index in [2.05, 4.69) is 33.1 Å². The quantitative estimate of drug-likeness (QED) is 0.785. The normalized spacial score (nSPS) is 17.9. The van der Waals surface area contributed by atoms with Crippen molar-refractivity contribution in [1.29, 1.82) is 0 Å². The van der Waals surface area contributed by atoms with Crippen molar-refractivity contribution in [2.75, 3.05) is 18.0 Å². The van der Waals surface area contributed by atoms with Gasteiger partial charge in [-0.15, -0.1) is 0 Å². The van der Waals surface area contributed by atoms with Crippen LogP contribution in [-0.4, -0.2) is 29.1 Å². The van der Waals surface area contributed by atoms with Crippen molar-refractivity contribution in [3.63, 3.8) is 0 Å². The van der Waals surface area contributed by atoms with Crippen molar-refractivity contribution < 1.29 is 0 Å². The monoisotopic (exact) mass is 230 g/mol. The van der Waals surface area contributed by atoms with Crippen LogP contribution < -0.4 is 10.6 Å². The van der Waals surface area contributed by atoms with Gasteiger partial charge in [-0.25, -0.2) is 4.98 Å². The van der Waals surface area contributed by atoms with Crippen LogP contribution in [0.1, 0.15) is 18.7 Å². The lowest BCUT2D eigenvalue weighted by Gasteiger charge is -2.32. The molecule has 0 spiro atoms. The van der Waals surface area contributed by atoms with Gasteiger partial charge in [-0.05, 0) is 31.9 Å². The fraction of sp³-hybridized carbons (Fsp3) is 0.462. The molecule has 1 aromatic heterocycles. The van der Waals surface area contributed by atoms with Gasteiger partial charge in [0.1, 0.15) is 11.3 Å². The number of aromatic nitrogens is 2. The number of aryl methyl sites for hydroxylation is 1. The molecule has 3 rings (SSSR count). The number of nitrogens with zero attached hydrogens (tertiary/aromatic N) is 2. The second kappa shape index (κ2) is 4.04. The maximum atomic E-state index is 5.94. The van der Waals surface area contributed by atoms with E-state index in [1.807, 2.05) is 6.92 Å². The second-order valence-electron chi connectivity index (χ2n) is 4.82. The fourth-order valence-electron chi connectivity index (χ4n) is 2.54. The number of benzene rings is 1. The lowest BCUT2D eigenvalue weighted by atomic mass is 10.1. The first-order valence-electron chi connectivity index (χ1n) is 6.20. The molecule has 0 bridgehead atoms. The number of rotatable bonds is 1. The molecule has 4 heteroatoms. The van der Waals surface area contributed by atoms with E-state index in [0.29, 0.717) is 6.04 Å². The van der Waals surface area contributed by atoms with Gasteiger partial charge in [-0.2, -0.15) is 0 Å². The molecule has 4 nitrogen and oxygen atoms in total. The Balaban J connectivity index is 1.99. The molecule has 3 N–H and O–H groups in total. The van der Waals surface area contributed by atoms with Crippen molar-refractivity contribution in [3.8, 4) is 0 Å². The van der Waals surface area contributed by atoms with Crippen molar-refractivity contribution >= 4 is 16.7 Å². The number of imidazole rings is 1. The smallest absolute Gasteiger partial charge is 0.112 e. The number of piperidine rings is 1. The molecule has 90 valence electrons. The first-order chi connectivity index (χ1) is 8.24. The molecule has 0 saturated carbocycles. The van der Waals surface area contributed by atoms with Gasteiger partial charge in [0.25, 0.3) is 0 Å². The van der Waals surface area contributed by atoms with Crippen molar-refractivity contribution in [3.05, 3.63) is 24.0 Å². The van der Waals surface area contributed by atoms with Crippen LogP contribution in [0.4, 0.5) is 5.69 Å². The molecule has 0 aliphatic carbocycles. The predicted octanol–water partition coefficient (Wildman–Crippen LogP) is 1.80. The average Bonchev–Trinajstić information content (AvgIpc) is 2.70. The van der Waals surface area contributed by atoms with Crippen LogP contribution in [0.5, 0.6) is 0 Å². The molecule has 1 aromatic carbocycles. The summed E-state index contributed by atoms with van der Waals surface area (Å²) in [7, 11) is 0. The van der Waals surface area contributed by atoms with Gasteiger partial charge in [0.2, 0.25) is 0 Å². The van der Waals surface area contributed by atoms with Crippen LogP contribution in [0.25, 0.3) is 11.0 Å². The van der Waals surface area contributed by atoms with Gasteiger partial charge in [0.05, 0.1) is 11.2 Å². The molecule has 1 aliphatic rings. The summed E-state index contributed by atoms with van der Waals surface area (Å²) in [5.74, 6) is 0.973. The summed E-state index contributed by atoms with van der Waals surface area (Å²) in [5.41, 5.74) is 9.38. The van der Waals surface area contributed by atoms with E-state index >= 15 is 0 Å². The molecule has 17 heavy (non-hydrogen) atoms. The second-order valence-corrected chi connectivity index (χ2v) is 4.82. The van der Waals surface area contributed by atoms with E-state index in [-0.39, 0.29) is 0 Å². The van der Waals surface area contributed by atoms with Gasteiger partial charge in [-0.1, -0.05) is 6.07 Å². The van der Waals surface area contributed by atoms with Crippen molar-refractivity contribution in [2.45, 2.75) is 25.8 Å². The van der Waals surface area contributed by atoms with Gasteiger partial charge in [-0.3, -0.25) is 0 Å². The highest BCUT2D eigenvalue weighted by molar-refractivity contribution is 5.88. The number of nitrogens with one attached hydrogen (secondary N) is 1. The number of fused-ring (bicyclic) bond motifs is 1. The van der Waals surface area contributed by atoms with E-state index in [9.17, 15) is 0 Å². The Kier molecular flexibility index (Phi) is 2.52. The van der Waals surface area contributed by atoms with E-state index in [1.54, 1.807) is 0 Å². The van der Waals surface area contributed by atoms with Crippen LogP contribution in [0, 0.1) is 6.92 Å². The Labute approximate surface area is 101 Å². The standard InChI is InChI=1S/C13H18N4/c1-9-15-11-3-2-4-12(13(11)16-9)17-7-5-10(14)6-8-17/h2-4,10H,5-8,14H2,1H3,(H,15,16). The number of nitrogens with two attached hydrogens (primary N) is 1. The van der Waals surface area contributed by atoms with E-state index in [4.69, 9.17) is 5.73 Å². The highest BCUT2D eigenvalue weighted by atomic mass is 15.2. The number of hydrogen-bond acceptors (Lipinski definition) is 3. The Bertz CT molecular complexity index is 523. The lowest BCUT2D eigenvalue weighted by Crippen LogP contribution is -2.39. The van der Waals surface area contributed by atoms with Crippen LogP contribution in [-0.2, 0) is 0 Å².